The lowest BCUT2D eigenvalue weighted by molar-refractivity contribution is 0.0777. The van der Waals surface area contributed by atoms with E-state index in [2.05, 4.69) is 15.1 Å². The smallest absolute Gasteiger partial charge is 0.142 e. The maximum Gasteiger partial charge on any atom is 0.142 e. The van der Waals surface area contributed by atoms with Gasteiger partial charge in [0, 0.05) is 46.1 Å². The number of benzene rings is 1. The van der Waals surface area contributed by atoms with Crippen molar-refractivity contribution in [1.29, 1.82) is 0 Å². The van der Waals surface area contributed by atoms with Gasteiger partial charge < -0.3 is 19.9 Å². The first-order valence-electron chi connectivity index (χ1n) is 10.6. The minimum absolute atomic E-state index is 0.0377. The van der Waals surface area contributed by atoms with Crippen molar-refractivity contribution >= 4 is 22.6 Å². The summed E-state index contributed by atoms with van der Waals surface area (Å²) in [6, 6.07) is 4.89. The van der Waals surface area contributed by atoms with E-state index in [0.717, 1.165) is 33.5 Å². The van der Waals surface area contributed by atoms with Crippen molar-refractivity contribution < 1.29 is 19.3 Å². The second kappa shape index (κ2) is 9.13. The summed E-state index contributed by atoms with van der Waals surface area (Å²) < 4.78 is 21.4. The van der Waals surface area contributed by atoms with Crippen LogP contribution in [0.4, 0.5) is 4.39 Å². The third kappa shape index (κ3) is 4.10. The minimum Gasteiger partial charge on any atom is -0.496 e. The van der Waals surface area contributed by atoms with E-state index in [4.69, 9.17) is 16.3 Å². The van der Waals surface area contributed by atoms with Crippen LogP contribution in [0.3, 0.4) is 0 Å². The summed E-state index contributed by atoms with van der Waals surface area (Å²) in [5.74, 6) is -0.247. The monoisotopic (exact) mass is 472 g/mol. The Kier molecular flexibility index (Phi) is 6.43. The molecule has 4 rings (SSSR count). The molecule has 2 atom stereocenters. The lowest BCUT2D eigenvalue weighted by Crippen LogP contribution is -2.21. The Bertz CT molecular complexity index is 1320. The Morgan fingerprint density at radius 3 is 2.76 bits per heavy atom. The molecule has 0 radical (unpaired) electrons. The quantitative estimate of drug-likeness (QED) is 0.371. The van der Waals surface area contributed by atoms with Crippen LogP contribution in [0.15, 0.2) is 30.6 Å². The van der Waals surface area contributed by atoms with E-state index in [0.29, 0.717) is 17.0 Å². The van der Waals surface area contributed by atoms with Crippen LogP contribution in [-0.2, 0) is 6.54 Å². The minimum atomic E-state index is -0.889. The summed E-state index contributed by atoms with van der Waals surface area (Å²) in [5.41, 5.74) is 5.61. The highest BCUT2D eigenvalue weighted by molar-refractivity contribution is 6.31. The SMILES string of the molecule is COc1ccc(F)c(Cl)c1[C@@H](C)c1c[nH]c2ncc(-c3c(C)nn(C[C@H](O)CO)c3C)cc12. The Morgan fingerprint density at radius 2 is 2.06 bits per heavy atom. The van der Waals surface area contributed by atoms with E-state index in [9.17, 15) is 14.6 Å². The number of H-pyrrole nitrogens is 1. The number of fused-ring (bicyclic) bond motifs is 1. The number of rotatable bonds is 7. The predicted molar refractivity (Wildman–Crippen MR) is 125 cm³/mol. The first kappa shape index (κ1) is 23.2. The summed E-state index contributed by atoms with van der Waals surface area (Å²) in [5, 5.41) is 24.5. The molecule has 174 valence electrons. The van der Waals surface area contributed by atoms with E-state index in [1.165, 1.54) is 13.2 Å². The lowest BCUT2D eigenvalue weighted by Gasteiger charge is -2.17. The third-order valence-electron chi connectivity index (χ3n) is 6.04. The molecule has 0 aliphatic rings. The van der Waals surface area contributed by atoms with E-state index < -0.39 is 11.9 Å². The van der Waals surface area contributed by atoms with Gasteiger partial charge in [-0.05, 0) is 37.6 Å². The Balaban J connectivity index is 1.81. The lowest BCUT2D eigenvalue weighted by atomic mass is 9.91. The van der Waals surface area contributed by atoms with Gasteiger partial charge in [0.2, 0.25) is 0 Å². The van der Waals surface area contributed by atoms with Gasteiger partial charge in [-0.15, -0.1) is 0 Å². The van der Waals surface area contributed by atoms with Crippen LogP contribution < -0.4 is 4.74 Å². The number of aliphatic hydroxyl groups excluding tert-OH is 2. The van der Waals surface area contributed by atoms with Crippen molar-refractivity contribution in [3.05, 3.63) is 63.9 Å². The molecule has 0 aliphatic carbocycles. The topological polar surface area (TPSA) is 96.2 Å². The van der Waals surface area contributed by atoms with E-state index in [1.54, 1.807) is 16.9 Å². The van der Waals surface area contributed by atoms with Crippen molar-refractivity contribution in [2.45, 2.75) is 39.3 Å². The van der Waals surface area contributed by atoms with Gasteiger partial charge in [0.05, 0.1) is 37.1 Å². The summed E-state index contributed by atoms with van der Waals surface area (Å²) >= 11 is 6.33. The van der Waals surface area contributed by atoms with Gasteiger partial charge in [0.1, 0.15) is 17.2 Å². The largest absolute Gasteiger partial charge is 0.496 e. The Morgan fingerprint density at radius 1 is 1.30 bits per heavy atom. The molecule has 33 heavy (non-hydrogen) atoms. The Labute approximate surface area is 195 Å². The number of hydrogen-bond donors (Lipinski definition) is 3. The van der Waals surface area contributed by atoms with Crippen molar-refractivity contribution in [2.24, 2.45) is 0 Å². The zero-order valence-corrected chi connectivity index (χ0v) is 19.6. The zero-order valence-electron chi connectivity index (χ0n) is 18.9. The van der Waals surface area contributed by atoms with E-state index in [1.807, 2.05) is 33.0 Å². The van der Waals surface area contributed by atoms with Crippen LogP contribution in [-0.4, -0.2) is 49.8 Å². The third-order valence-corrected chi connectivity index (χ3v) is 6.42. The molecule has 0 bridgehead atoms. The normalized spacial score (nSPS) is 13.5. The maximum absolute atomic E-state index is 14.3. The molecular formula is C24H26ClFN4O3. The highest BCUT2D eigenvalue weighted by atomic mass is 35.5. The number of aliphatic hydroxyl groups is 2. The van der Waals surface area contributed by atoms with Gasteiger partial charge in [0.15, 0.2) is 0 Å². The van der Waals surface area contributed by atoms with Gasteiger partial charge in [-0.2, -0.15) is 5.10 Å². The van der Waals surface area contributed by atoms with E-state index >= 15 is 0 Å². The number of ether oxygens (including phenoxy) is 1. The summed E-state index contributed by atoms with van der Waals surface area (Å²) in [6.45, 7) is 5.62. The molecule has 4 aromatic rings. The number of aromatic nitrogens is 4. The molecule has 9 heteroatoms. The Hall–Kier alpha value is -2.94. The molecule has 1 aromatic carbocycles. The van der Waals surface area contributed by atoms with Gasteiger partial charge in [-0.25, -0.2) is 9.37 Å². The number of aryl methyl sites for hydroxylation is 1. The number of pyridine rings is 1. The number of methoxy groups -OCH3 is 1. The number of aromatic amines is 1. The van der Waals surface area contributed by atoms with Gasteiger partial charge >= 0.3 is 0 Å². The fraction of sp³-hybridized carbons (Fsp3) is 0.333. The molecule has 0 spiro atoms. The molecule has 0 saturated carbocycles. The molecule has 0 unspecified atom stereocenters. The molecule has 0 aliphatic heterocycles. The number of nitrogens with zero attached hydrogens (tertiary/aromatic N) is 3. The van der Waals surface area contributed by atoms with Gasteiger partial charge in [0.25, 0.3) is 0 Å². The fourth-order valence-corrected chi connectivity index (χ4v) is 4.67. The molecule has 0 saturated heterocycles. The van der Waals surface area contributed by atoms with Crippen LogP contribution in [0.25, 0.3) is 22.2 Å². The molecule has 3 heterocycles. The summed E-state index contributed by atoms with van der Waals surface area (Å²) in [4.78, 5) is 7.77. The second-order valence-electron chi connectivity index (χ2n) is 8.13. The second-order valence-corrected chi connectivity index (χ2v) is 8.51. The highest BCUT2D eigenvalue weighted by Crippen LogP contribution is 2.41. The molecule has 3 N–H and O–H groups in total. The predicted octanol–water partition coefficient (Wildman–Crippen LogP) is 4.35. The van der Waals surface area contributed by atoms with Gasteiger partial charge in [-0.3, -0.25) is 4.68 Å². The van der Waals surface area contributed by atoms with Gasteiger partial charge in [-0.1, -0.05) is 18.5 Å². The van der Waals surface area contributed by atoms with Crippen molar-refractivity contribution in [2.75, 3.05) is 13.7 Å². The first-order chi connectivity index (χ1) is 15.8. The van der Waals surface area contributed by atoms with Crippen molar-refractivity contribution in [1.82, 2.24) is 19.7 Å². The average Bonchev–Trinajstić information content (AvgIpc) is 3.34. The molecule has 7 nitrogen and oxygen atoms in total. The zero-order chi connectivity index (χ0) is 23.9. The highest BCUT2D eigenvalue weighted by Gasteiger charge is 2.24. The standard InChI is InChI=1S/C24H26ClFN4O3/c1-12(21-20(33-4)6-5-19(26)23(21)25)18-9-28-24-17(18)7-15(8-27-24)22-13(2)29-30(14(22)3)10-16(32)11-31/h5-9,12,16,31-32H,10-11H2,1-4H3,(H,27,28)/t12-,16-/m0/s1. The number of hydrogen-bond acceptors (Lipinski definition) is 5. The number of halogens is 2. The molecule has 3 aromatic heterocycles. The molecule has 0 fully saturated rings. The first-order valence-corrected chi connectivity index (χ1v) is 11.0. The van der Waals surface area contributed by atoms with Crippen LogP contribution in [0.5, 0.6) is 5.75 Å². The van der Waals surface area contributed by atoms with Crippen molar-refractivity contribution in [3.63, 3.8) is 0 Å². The number of nitrogens with one attached hydrogen (secondary N) is 1. The molecule has 0 amide bonds. The fourth-order valence-electron chi connectivity index (χ4n) is 4.35. The maximum atomic E-state index is 14.3. The average molecular weight is 473 g/mol. The molecular weight excluding hydrogens is 447 g/mol. The van der Waals surface area contributed by atoms with Crippen LogP contribution in [0, 0.1) is 19.7 Å². The van der Waals surface area contributed by atoms with Crippen molar-refractivity contribution in [3.8, 4) is 16.9 Å². The van der Waals surface area contributed by atoms with E-state index in [-0.39, 0.29) is 24.1 Å². The van der Waals surface area contributed by atoms with Crippen LogP contribution in [0.1, 0.15) is 35.4 Å². The summed E-state index contributed by atoms with van der Waals surface area (Å²) in [6.07, 6.45) is 2.74. The van der Waals surface area contributed by atoms with Crippen LogP contribution in [0.2, 0.25) is 5.02 Å². The summed E-state index contributed by atoms with van der Waals surface area (Å²) in [7, 11) is 1.53. The van der Waals surface area contributed by atoms with Crippen LogP contribution >= 0.6 is 11.6 Å².